The smallest absolute Gasteiger partial charge is 0.408 e. The van der Waals surface area contributed by atoms with E-state index in [1.54, 1.807) is 20.8 Å². The van der Waals surface area contributed by atoms with E-state index in [4.69, 9.17) is 9.47 Å². The number of benzene rings is 1. The molecule has 1 rings (SSSR count). The third-order valence-electron chi connectivity index (χ3n) is 2.74. The highest BCUT2D eigenvalue weighted by Crippen LogP contribution is 2.08. The number of amides is 1. The minimum absolute atomic E-state index is 0.353. The first-order chi connectivity index (χ1) is 9.71. The molecule has 5 nitrogen and oxygen atoms in total. The summed E-state index contributed by atoms with van der Waals surface area (Å²) in [5, 5.41) is 2.55. The Labute approximate surface area is 126 Å². The monoisotopic (exact) mass is 291 g/mol. The molecular formula is C15H22BNO4. The largest absolute Gasteiger partial charge is 0.467 e. The number of alkyl carbamates (subject to hydrolysis) is 1. The van der Waals surface area contributed by atoms with Crippen LogP contribution in [0.25, 0.3) is 0 Å². The molecule has 1 atom stereocenters. The van der Waals surface area contributed by atoms with Gasteiger partial charge in [0.2, 0.25) is 0 Å². The predicted molar refractivity (Wildman–Crippen MR) is 83.5 cm³/mol. The Kier molecular flexibility index (Phi) is 5.82. The number of nitrogens with one attached hydrogen (secondary N) is 1. The Morgan fingerprint density at radius 2 is 1.81 bits per heavy atom. The number of carbonyl (C=O) groups is 2. The molecule has 114 valence electrons. The van der Waals surface area contributed by atoms with Crippen molar-refractivity contribution in [3.05, 3.63) is 29.8 Å². The van der Waals surface area contributed by atoms with Gasteiger partial charge in [-0.05, 0) is 26.3 Å². The van der Waals surface area contributed by atoms with Crippen molar-refractivity contribution >= 4 is 25.4 Å². The van der Waals surface area contributed by atoms with Crippen molar-refractivity contribution < 1.29 is 19.1 Å². The average Bonchev–Trinajstić information content (AvgIpc) is 2.37. The van der Waals surface area contributed by atoms with Crippen molar-refractivity contribution in [2.45, 2.75) is 38.8 Å². The van der Waals surface area contributed by atoms with Crippen LogP contribution >= 0.6 is 0 Å². The zero-order chi connectivity index (χ0) is 16.0. The molecule has 0 aliphatic carbocycles. The van der Waals surface area contributed by atoms with Gasteiger partial charge in [-0.1, -0.05) is 29.7 Å². The first kappa shape index (κ1) is 17.1. The second-order valence-electron chi connectivity index (χ2n) is 5.91. The number of rotatable bonds is 4. The number of carbonyl (C=O) groups excluding carboxylic acids is 2. The quantitative estimate of drug-likeness (QED) is 0.650. The number of hydrogen-bond donors (Lipinski definition) is 1. The summed E-state index contributed by atoms with van der Waals surface area (Å²) in [7, 11) is 3.28. The summed E-state index contributed by atoms with van der Waals surface area (Å²) in [6.45, 7) is 5.29. The van der Waals surface area contributed by atoms with E-state index in [0.717, 1.165) is 11.0 Å². The molecule has 0 unspecified atom stereocenters. The van der Waals surface area contributed by atoms with Gasteiger partial charge in [-0.15, -0.1) is 0 Å². The minimum atomic E-state index is -0.771. The molecule has 21 heavy (non-hydrogen) atoms. The first-order valence-corrected chi connectivity index (χ1v) is 6.84. The maximum atomic E-state index is 11.8. The molecule has 1 aromatic rings. The Bertz CT molecular complexity index is 493. The highest BCUT2D eigenvalue weighted by Gasteiger charge is 2.25. The first-order valence-electron chi connectivity index (χ1n) is 6.84. The summed E-state index contributed by atoms with van der Waals surface area (Å²) in [6, 6.07) is 6.98. The van der Waals surface area contributed by atoms with Gasteiger partial charge in [0.05, 0.1) is 7.11 Å². The van der Waals surface area contributed by atoms with Crippen molar-refractivity contribution in [2.75, 3.05) is 7.11 Å². The van der Waals surface area contributed by atoms with Gasteiger partial charge in [0.25, 0.3) is 0 Å². The van der Waals surface area contributed by atoms with E-state index in [9.17, 15) is 9.59 Å². The van der Waals surface area contributed by atoms with Crippen LogP contribution in [0.15, 0.2) is 24.3 Å². The van der Waals surface area contributed by atoms with Crippen molar-refractivity contribution in [1.29, 1.82) is 0 Å². The van der Waals surface area contributed by atoms with Crippen LogP contribution in [0.3, 0.4) is 0 Å². The van der Waals surface area contributed by atoms with Crippen LogP contribution < -0.4 is 10.8 Å². The average molecular weight is 291 g/mol. The van der Waals surface area contributed by atoms with E-state index >= 15 is 0 Å². The molecule has 0 fully saturated rings. The molecule has 0 spiro atoms. The summed E-state index contributed by atoms with van der Waals surface area (Å²) in [4.78, 5) is 23.6. The second kappa shape index (κ2) is 7.15. The lowest BCUT2D eigenvalue weighted by Gasteiger charge is -2.22. The lowest BCUT2D eigenvalue weighted by atomic mass is 9.94. The highest BCUT2D eigenvalue weighted by atomic mass is 16.6. The van der Waals surface area contributed by atoms with E-state index in [-0.39, 0.29) is 0 Å². The van der Waals surface area contributed by atoms with Crippen molar-refractivity contribution in [3.63, 3.8) is 0 Å². The summed E-state index contributed by atoms with van der Waals surface area (Å²) in [5.41, 5.74) is 1.45. The summed E-state index contributed by atoms with van der Waals surface area (Å²) in [5.74, 6) is -0.499. The lowest BCUT2D eigenvalue weighted by Crippen LogP contribution is -2.45. The fourth-order valence-electron chi connectivity index (χ4n) is 1.75. The molecule has 0 saturated heterocycles. The molecule has 0 radical (unpaired) electrons. The van der Waals surface area contributed by atoms with E-state index < -0.39 is 23.7 Å². The molecule has 0 heterocycles. The van der Waals surface area contributed by atoms with Crippen molar-refractivity contribution in [3.8, 4) is 0 Å². The molecule has 0 aromatic heterocycles. The number of esters is 1. The summed E-state index contributed by atoms with van der Waals surface area (Å²) >= 11 is 0. The molecule has 1 aromatic carbocycles. The van der Waals surface area contributed by atoms with Crippen LogP contribution in [0.4, 0.5) is 4.79 Å². The SMILES string of the molecule is Bc1ccc(C[C@H](NC(=O)OC(C)(C)C)C(=O)OC)cc1. The summed E-state index contributed by atoms with van der Waals surface area (Å²) < 4.78 is 9.89. The Hall–Kier alpha value is -1.98. The molecular weight excluding hydrogens is 269 g/mol. The van der Waals surface area contributed by atoms with E-state index in [2.05, 4.69) is 5.32 Å². The maximum Gasteiger partial charge on any atom is 0.408 e. The zero-order valence-corrected chi connectivity index (χ0v) is 13.2. The Morgan fingerprint density at radius 3 is 2.29 bits per heavy atom. The van der Waals surface area contributed by atoms with Gasteiger partial charge in [-0.3, -0.25) is 0 Å². The third-order valence-corrected chi connectivity index (χ3v) is 2.74. The van der Waals surface area contributed by atoms with Gasteiger partial charge in [-0.25, -0.2) is 9.59 Å². The van der Waals surface area contributed by atoms with Crippen LogP contribution in [-0.4, -0.2) is 38.7 Å². The van der Waals surface area contributed by atoms with Gasteiger partial charge in [0.1, 0.15) is 19.5 Å². The highest BCUT2D eigenvalue weighted by molar-refractivity contribution is 6.32. The van der Waals surface area contributed by atoms with Crippen molar-refractivity contribution in [2.24, 2.45) is 0 Å². The van der Waals surface area contributed by atoms with Crippen LogP contribution in [0.1, 0.15) is 26.3 Å². The molecule has 1 amide bonds. The fraction of sp³-hybridized carbons (Fsp3) is 0.467. The molecule has 0 bridgehead atoms. The van der Waals surface area contributed by atoms with E-state index in [1.807, 2.05) is 32.1 Å². The van der Waals surface area contributed by atoms with Gasteiger partial charge < -0.3 is 14.8 Å². The Balaban J connectivity index is 2.74. The standard InChI is InChI=1S/C15H22BNO4/c1-15(2,3)21-14(19)17-12(13(18)20-4)9-10-5-7-11(16)8-6-10/h5-8,12H,9,16H2,1-4H3,(H,17,19)/t12-/m0/s1. The van der Waals surface area contributed by atoms with E-state index in [0.29, 0.717) is 6.42 Å². The number of ether oxygens (including phenoxy) is 2. The van der Waals surface area contributed by atoms with Gasteiger partial charge in [0.15, 0.2) is 0 Å². The Morgan fingerprint density at radius 1 is 1.24 bits per heavy atom. The van der Waals surface area contributed by atoms with Gasteiger partial charge in [-0.2, -0.15) is 0 Å². The number of hydrogen-bond acceptors (Lipinski definition) is 4. The van der Waals surface area contributed by atoms with Crippen LogP contribution in [0, 0.1) is 0 Å². The molecule has 1 N–H and O–H groups in total. The van der Waals surface area contributed by atoms with Crippen LogP contribution in [0.2, 0.25) is 0 Å². The van der Waals surface area contributed by atoms with Crippen molar-refractivity contribution in [1.82, 2.24) is 5.32 Å². The van der Waals surface area contributed by atoms with Crippen LogP contribution in [0.5, 0.6) is 0 Å². The lowest BCUT2D eigenvalue weighted by molar-refractivity contribution is -0.143. The summed E-state index contributed by atoms with van der Waals surface area (Å²) in [6.07, 6.45) is -0.281. The normalized spacial score (nSPS) is 12.4. The minimum Gasteiger partial charge on any atom is -0.467 e. The van der Waals surface area contributed by atoms with E-state index in [1.165, 1.54) is 7.11 Å². The fourth-order valence-corrected chi connectivity index (χ4v) is 1.75. The topological polar surface area (TPSA) is 64.6 Å². The molecule has 0 aliphatic rings. The maximum absolute atomic E-state index is 11.8. The molecule has 0 saturated carbocycles. The zero-order valence-electron chi connectivity index (χ0n) is 13.2. The van der Waals surface area contributed by atoms with Crippen LogP contribution in [-0.2, 0) is 20.7 Å². The third kappa shape index (κ3) is 6.34. The number of methoxy groups -OCH3 is 1. The molecule has 0 aliphatic heterocycles. The second-order valence-corrected chi connectivity index (χ2v) is 5.91. The predicted octanol–water partition coefficient (Wildman–Crippen LogP) is 0.554. The van der Waals surface area contributed by atoms with Gasteiger partial charge in [0, 0.05) is 6.42 Å². The molecule has 6 heteroatoms. The van der Waals surface area contributed by atoms with Gasteiger partial charge >= 0.3 is 12.1 Å².